The van der Waals surface area contributed by atoms with E-state index < -0.39 is 4.92 Å². The summed E-state index contributed by atoms with van der Waals surface area (Å²) in [7, 11) is 3.32. The normalized spacial score (nSPS) is 10.0. The van der Waals surface area contributed by atoms with Gasteiger partial charge in [0.15, 0.2) is 0 Å². The number of nitrogens with one attached hydrogen (secondary N) is 2. The number of nitro groups is 1. The van der Waals surface area contributed by atoms with Crippen LogP contribution in [-0.2, 0) is 4.79 Å². The monoisotopic (exact) mass is 295 g/mol. The minimum Gasteiger partial charge on any atom is -0.370 e. The van der Waals surface area contributed by atoms with Gasteiger partial charge in [-0.25, -0.2) is 4.98 Å². The molecule has 0 aliphatic carbocycles. The quantitative estimate of drug-likeness (QED) is 0.555. The predicted molar refractivity (Wildman–Crippen MR) is 81.6 cm³/mol. The number of hydrogen-bond donors (Lipinski definition) is 2. The molecule has 1 aromatic rings. The molecule has 0 aliphatic rings. The van der Waals surface area contributed by atoms with Crippen molar-refractivity contribution in [2.24, 2.45) is 0 Å². The van der Waals surface area contributed by atoms with Crippen LogP contribution < -0.4 is 15.5 Å². The maximum absolute atomic E-state index is 11.3. The molecule has 0 fully saturated rings. The zero-order valence-corrected chi connectivity index (χ0v) is 12.5. The molecule has 8 heteroatoms. The number of aromatic nitrogens is 1. The minimum absolute atomic E-state index is 0.0228. The fourth-order valence-electron chi connectivity index (χ4n) is 1.66. The lowest BCUT2D eigenvalue weighted by atomic mass is 10.3. The van der Waals surface area contributed by atoms with Gasteiger partial charge in [-0.05, 0) is 6.42 Å². The third-order valence-electron chi connectivity index (χ3n) is 2.91. The first-order valence-electron chi connectivity index (χ1n) is 6.80. The van der Waals surface area contributed by atoms with Crippen LogP contribution in [0.25, 0.3) is 0 Å². The summed E-state index contributed by atoms with van der Waals surface area (Å²) in [6, 6.07) is 2.81. The van der Waals surface area contributed by atoms with Gasteiger partial charge < -0.3 is 15.5 Å². The SMILES string of the molecule is CCCNc1cc([N+](=O)[O-])cc(N(C)CCC(=O)NC)n1. The molecule has 2 N–H and O–H groups in total. The minimum atomic E-state index is -0.450. The Bertz CT molecular complexity index is 507. The molecule has 21 heavy (non-hydrogen) atoms. The van der Waals surface area contributed by atoms with Gasteiger partial charge in [-0.2, -0.15) is 0 Å². The standard InChI is InChI=1S/C13H21N5O3/c1-4-6-15-11-8-10(18(20)21)9-12(16-11)17(3)7-5-13(19)14-2/h8-9H,4-7H2,1-3H3,(H,14,19)(H,15,16). The summed E-state index contributed by atoms with van der Waals surface area (Å²) in [5.41, 5.74) is -0.0228. The topological polar surface area (TPSA) is 100 Å². The van der Waals surface area contributed by atoms with E-state index >= 15 is 0 Å². The van der Waals surface area contributed by atoms with Crippen LogP contribution in [0.1, 0.15) is 19.8 Å². The number of carbonyl (C=O) groups is 1. The molecule has 0 unspecified atom stereocenters. The number of anilines is 2. The number of rotatable bonds is 8. The van der Waals surface area contributed by atoms with Crippen LogP contribution >= 0.6 is 0 Å². The maximum atomic E-state index is 11.3. The number of nitrogens with zero attached hydrogens (tertiary/aromatic N) is 3. The summed E-state index contributed by atoms with van der Waals surface area (Å²) < 4.78 is 0. The highest BCUT2D eigenvalue weighted by Crippen LogP contribution is 2.22. The van der Waals surface area contributed by atoms with Crippen molar-refractivity contribution < 1.29 is 9.72 Å². The molecular weight excluding hydrogens is 274 g/mol. The zero-order valence-electron chi connectivity index (χ0n) is 12.5. The van der Waals surface area contributed by atoms with Crippen molar-refractivity contribution in [3.63, 3.8) is 0 Å². The molecule has 0 bridgehead atoms. The van der Waals surface area contributed by atoms with Gasteiger partial charge >= 0.3 is 0 Å². The second-order valence-corrected chi connectivity index (χ2v) is 4.60. The van der Waals surface area contributed by atoms with Crippen molar-refractivity contribution in [1.29, 1.82) is 0 Å². The zero-order chi connectivity index (χ0) is 15.8. The predicted octanol–water partition coefficient (Wildman–Crippen LogP) is 1.38. The largest absolute Gasteiger partial charge is 0.370 e. The average Bonchev–Trinajstić information content (AvgIpc) is 2.49. The van der Waals surface area contributed by atoms with Crippen LogP contribution in [0.3, 0.4) is 0 Å². The van der Waals surface area contributed by atoms with E-state index in [1.165, 1.54) is 12.1 Å². The molecule has 1 heterocycles. The fourth-order valence-corrected chi connectivity index (χ4v) is 1.66. The van der Waals surface area contributed by atoms with Crippen molar-refractivity contribution >= 4 is 23.2 Å². The lowest BCUT2D eigenvalue weighted by Gasteiger charge is -2.18. The molecule has 116 valence electrons. The average molecular weight is 295 g/mol. The number of pyridine rings is 1. The smallest absolute Gasteiger partial charge is 0.276 e. The van der Waals surface area contributed by atoms with Crippen LogP contribution in [0, 0.1) is 10.1 Å². The third-order valence-corrected chi connectivity index (χ3v) is 2.91. The summed E-state index contributed by atoms with van der Waals surface area (Å²) >= 11 is 0. The van der Waals surface area contributed by atoms with Crippen molar-refractivity contribution in [1.82, 2.24) is 10.3 Å². The molecule has 0 aliphatic heterocycles. The number of amides is 1. The lowest BCUT2D eigenvalue weighted by Crippen LogP contribution is -2.27. The van der Waals surface area contributed by atoms with E-state index in [-0.39, 0.29) is 11.6 Å². The maximum Gasteiger partial charge on any atom is 0.276 e. The molecule has 1 aromatic heterocycles. The van der Waals surface area contributed by atoms with Crippen molar-refractivity contribution in [2.75, 3.05) is 37.4 Å². The number of carbonyl (C=O) groups excluding carboxylic acids is 1. The molecule has 0 spiro atoms. The molecule has 0 atom stereocenters. The fraction of sp³-hybridized carbons (Fsp3) is 0.538. The summed E-state index contributed by atoms with van der Waals surface area (Å²) in [5.74, 6) is 0.844. The van der Waals surface area contributed by atoms with Gasteiger partial charge in [0.25, 0.3) is 5.69 Å². The van der Waals surface area contributed by atoms with E-state index in [1.54, 1.807) is 19.0 Å². The Morgan fingerprint density at radius 1 is 1.48 bits per heavy atom. The van der Waals surface area contributed by atoms with E-state index in [9.17, 15) is 14.9 Å². The highest BCUT2D eigenvalue weighted by atomic mass is 16.6. The van der Waals surface area contributed by atoms with Gasteiger partial charge in [0, 0.05) is 33.6 Å². The Morgan fingerprint density at radius 2 is 2.19 bits per heavy atom. The van der Waals surface area contributed by atoms with Gasteiger partial charge in [0.1, 0.15) is 11.6 Å². The first kappa shape index (κ1) is 16.7. The first-order chi connectivity index (χ1) is 9.97. The Hall–Kier alpha value is -2.38. The molecular formula is C13H21N5O3. The summed E-state index contributed by atoms with van der Waals surface area (Å²) in [5, 5.41) is 16.6. The highest BCUT2D eigenvalue weighted by molar-refractivity contribution is 5.76. The Morgan fingerprint density at radius 3 is 2.76 bits per heavy atom. The van der Waals surface area contributed by atoms with Gasteiger partial charge in [0.2, 0.25) is 5.91 Å². The van der Waals surface area contributed by atoms with E-state index in [0.717, 1.165) is 6.42 Å². The van der Waals surface area contributed by atoms with Crippen molar-refractivity contribution in [3.05, 3.63) is 22.2 Å². The Kier molecular flexibility index (Phi) is 6.38. The van der Waals surface area contributed by atoms with Crippen LogP contribution in [-0.4, -0.2) is 43.0 Å². The van der Waals surface area contributed by atoms with E-state index in [0.29, 0.717) is 31.1 Å². The van der Waals surface area contributed by atoms with Crippen molar-refractivity contribution in [2.45, 2.75) is 19.8 Å². The molecule has 1 rings (SSSR count). The second-order valence-electron chi connectivity index (χ2n) is 4.60. The second kappa shape index (κ2) is 8.03. The third kappa shape index (κ3) is 5.25. The number of hydrogen-bond acceptors (Lipinski definition) is 6. The van der Waals surface area contributed by atoms with Gasteiger partial charge in [-0.15, -0.1) is 0 Å². The van der Waals surface area contributed by atoms with Crippen LogP contribution in [0.4, 0.5) is 17.3 Å². The van der Waals surface area contributed by atoms with E-state index in [1.807, 2.05) is 6.92 Å². The summed E-state index contributed by atoms with van der Waals surface area (Å²) in [6.45, 7) is 3.12. The molecule has 0 saturated heterocycles. The van der Waals surface area contributed by atoms with E-state index in [4.69, 9.17) is 0 Å². The molecule has 0 radical (unpaired) electrons. The first-order valence-corrected chi connectivity index (χ1v) is 6.80. The molecule has 8 nitrogen and oxygen atoms in total. The Balaban J connectivity index is 2.90. The van der Waals surface area contributed by atoms with Gasteiger partial charge in [0.05, 0.1) is 17.1 Å². The lowest BCUT2D eigenvalue weighted by molar-refractivity contribution is -0.384. The van der Waals surface area contributed by atoms with Crippen molar-refractivity contribution in [3.8, 4) is 0 Å². The van der Waals surface area contributed by atoms with Crippen LogP contribution in [0.15, 0.2) is 12.1 Å². The van der Waals surface area contributed by atoms with Gasteiger partial charge in [-0.1, -0.05) is 6.92 Å². The molecule has 0 aromatic carbocycles. The highest BCUT2D eigenvalue weighted by Gasteiger charge is 2.14. The van der Waals surface area contributed by atoms with Crippen LogP contribution in [0.5, 0.6) is 0 Å². The van der Waals surface area contributed by atoms with Gasteiger partial charge in [-0.3, -0.25) is 14.9 Å². The molecule has 1 amide bonds. The Labute approximate surface area is 123 Å². The summed E-state index contributed by atoms with van der Waals surface area (Å²) in [4.78, 5) is 27.8. The molecule has 0 saturated carbocycles. The summed E-state index contributed by atoms with van der Waals surface area (Å²) in [6.07, 6.45) is 1.20. The van der Waals surface area contributed by atoms with E-state index in [2.05, 4.69) is 15.6 Å². The van der Waals surface area contributed by atoms with Crippen LogP contribution in [0.2, 0.25) is 0 Å².